The number of hydrogen-bond donors (Lipinski definition) is 0. The van der Waals surface area contributed by atoms with Gasteiger partial charge in [-0.25, -0.2) is 0 Å². The van der Waals surface area contributed by atoms with Crippen molar-refractivity contribution in [1.29, 1.82) is 0 Å². The van der Waals surface area contributed by atoms with E-state index in [-0.39, 0.29) is 6.42 Å². The van der Waals surface area contributed by atoms with Crippen LogP contribution in [0.25, 0.3) is 0 Å². The lowest BCUT2D eigenvalue weighted by Gasteiger charge is -2.20. The van der Waals surface area contributed by atoms with Gasteiger partial charge in [-0.3, -0.25) is 4.79 Å². The van der Waals surface area contributed by atoms with Crippen LogP contribution in [0.15, 0.2) is 0 Å². The SMILES string of the molecule is [N]C(=O)C[CH]CC1CCCCC1. The van der Waals surface area contributed by atoms with Gasteiger partial charge < -0.3 is 0 Å². The molecule has 0 atom stereocenters. The van der Waals surface area contributed by atoms with E-state index in [1.165, 1.54) is 32.1 Å². The molecular weight excluding hydrogens is 150 g/mol. The van der Waals surface area contributed by atoms with Gasteiger partial charge in [0.05, 0.1) is 0 Å². The molecule has 0 aromatic rings. The normalized spacial score (nSPS) is 19.3. The lowest BCUT2D eigenvalue weighted by Crippen LogP contribution is -2.07. The third-order valence-corrected chi connectivity index (χ3v) is 2.54. The molecule has 0 spiro atoms. The Labute approximate surface area is 74.5 Å². The summed E-state index contributed by atoms with van der Waals surface area (Å²) in [4.78, 5) is 10.2. The van der Waals surface area contributed by atoms with Crippen molar-refractivity contribution in [3.05, 3.63) is 6.42 Å². The standard InChI is InChI=1S/C10H16NO/c11-10(12)8-4-7-9-5-2-1-3-6-9/h4,9H,1-3,5-8H2. The molecule has 1 amide bonds. The monoisotopic (exact) mass is 166 g/mol. The van der Waals surface area contributed by atoms with E-state index in [0.717, 1.165) is 12.3 Å². The largest absolute Gasteiger partial charge is 0.271 e. The summed E-state index contributed by atoms with van der Waals surface area (Å²) in [6, 6.07) is 0. The van der Waals surface area contributed by atoms with Crippen LogP contribution in [0.1, 0.15) is 44.9 Å². The van der Waals surface area contributed by atoms with Gasteiger partial charge in [-0.1, -0.05) is 32.1 Å². The molecule has 12 heavy (non-hydrogen) atoms. The highest BCUT2D eigenvalue weighted by atomic mass is 16.1. The maximum Gasteiger partial charge on any atom is 0.265 e. The van der Waals surface area contributed by atoms with E-state index in [0.29, 0.717) is 0 Å². The summed E-state index contributed by atoms with van der Waals surface area (Å²) in [6.45, 7) is 0. The lowest BCUT2D eigenvalue weighted by molar-refractivity contribution is -0.118. The van der Waals surface area contributed by atoms with Gasteiger partial charge in [0.2, 0.25) is 0 Å². The molecule has 1 saturated carbocycles. The van der Waals surface area contributed by atoms with Gasteiger partial charge in [0, 0.05) is 6.42 Å². The first-order valence-electron chi connectivity index (χ1n) is 4.82. The topological polar surface area (TPSA) is 39.4 Å². The zero-order valence-electron chi connectivity index (χ0n) is 7.46. The molecule has 0 aliphatic heterocycles. The van der Waals surface area contributed by atoms with Crippen LogP contribution in [0.2, 0.25) is 0 Å². The molecule has 0 unspecified atom stereocenters. The summed E-state index contributed by atoms with van der Waals surface area (Å²) >= 11 is 0. The van der Waals surface area contributed by atoms with E-state index in [9.17, 15) is 4.79 Å². The molecule has 0 saturated heterocycles. The third-order valence-electron chi connectivity index (χ3n) is 2.54. The van der Waals surface area contributed by atoms with Crippen molar-refractivity contribution in [2.45, 2.75) is 44.9 Å². The molecule has 2 nitrogen and oxygen atoms in total. The summed E-state index contributed by atoms with van der Waals surface area (Å²) < 4.78 is 0. The van der Waals surface area contributed by atoms with E-state index in [4.69, 9.17) is 5.73 Å². The Bertz CT molecular complexity index is 139. The Kier molecular flexibility index (Phi) is 4.12. The molecule has 0 heterocycles. The van der Waals surface area contributed by atoms with Crippen LogP contribution in [-0.4, -0.2) is 5.91 Å². The van der Waals surface area contributed by atoms with Crippen molar-refractivity contribution in [3.63, 3.8) is 0 Å². The van der Waals surface area contributed by atoms with Crippen LogP contribution in [0.5, 0.6) is 0 Å². The summed E-state index contributed by atoms with van der Waals surface area (Å²) in [5, 5.41) is 0. The minimum absolute atomic E-state index is 0.233. The average molecular weight is 166 g/mol. The number of carbonyl (C=O) groups excluding carboxylic acids is 1. The highest BCUT2D eigenvalue weighted by Crippen LogP contribution is 2.27. The fourth-order valence-electron chi connectivity index (χ4n) is 1.87. The Morgan fingerprint density at radius 2 is 2.00 bits per heavy atom. The Balaban J connectivity index is 2.01. The molecule has 3 radical (unpaired) electrons. The van der Waals surface area contributed by atoms with Crippen molar-refractivity contribution in [2.24, 2.45) is 5.92 Å². The van der Waals surface area contributed by atoms with Crippen molar-refractivity contribution < 1.29 is 4.79 Å². The second-order valence-corrected chi connectivity index (χ2v) is 3.63. The highest BCUT2D eigenvalue weighted by Gasteiger charge is 2.13. The first-order valence-corrected chi connectivity index (χ1v) is 4.82. The average Bonchev–Trinajstić information content (AvgIpc) is 2.05. The number of amides is 1. The van der Waals surface area contributed by atoms with Crippen LogP contribution >= 0.6 is 0 Å². The van der Waals surface area contributed by atoms with Gasteiger partial charge in [-0.2, -0.15) is 0 Å². The molecule has 1 rings (SSSR count). The zero-order valence-corrected chi connectivity index (χ0v) is 7.46. The van der Waals surface area contributed by atoms with Crippen molar-refractivity contribution in [2.75, 3.05) is 0 Å². The van der Waals surface area contributed by atoms with E-state index >= 15 is 0 Å². The molecule has 1 aliphatic rings. The smallest absolute Gasteiger partial charge is 0.265 e. The van der Waals surface area contributed by atoms with Gasteiger partial charge >= 0.3 is 0 Å². The van der Waals surface area contributed by atoms with Crippen molar-refractivity contribution in [1.82, 2.24) is 5.73 Å². The van der Waals surface area contributed by atoms with Crippen LogP contribution in [-0.2, 0) is 4.79 Å². The predicted molar refractivity (Wildman–Crippen MR) is 47.3 cm³/mol. The predicted octanol–water partition coefficient (Wildman–Crippen LogP) is 2.15. The van der Waals surface area contributed by atoms with Crippen molar-refractivity contribution >= 4 is 5.91 Å². The Morgan fingerprint density at radius 3 is 2.58 bits per heavy atom. The summed E-state index contributed by atoms with van der Waals surface area (Å²) in [5.74, 6) is 0.0731. The van der Waals surface area contributed by atoms with Gasteiger partial charge in [0.1, 0.15) is 0 Å². The Hall–Kier alpha value is -0.530. The number of carbonyl (C=O) groups is 1. The minimum atomic E-state index is -0.703. The number of rotatable bonds is 4. The second kappa shape index (κ2) is 5.18. The van der Waals surface area contributed by atoms with Gasteiger partial charge in [-0.15, -0.1) is 5.73 Å². The maximum atomic E-state index is 10.2. The van der Waals surface area contributed by atoms with E-state index < -0.39 is 5.91 Å². The minimum Gasteiger partial charge on any atom is -0.271 e. The Morgan fingerprint density at radius 1 is 1.33 bits per heavy atom. The maximum absolute atomic E-state index is 10.2. The molecule has 0 N–H and O–H groups in total. The van der Waals surface area contributed by atoms with Crippen LogP contribution in [0, 0.1) is 12.3 Å². The van der Waals surface area contributed by atoms with Crippen molar-refractivity contribution in [3.8, 4) is 0 Å². The van der Waals surface area contributed by atoms with E-state index in [1.54, 1.807) is 0 Å². The lowest BCUT2D eigenvalue weighted by atomic mass is 9.86. The highest BCUT2D eigenvalue weighted by molar-refractivity contribution is 5.73. The van der Waals surface area contributed by atoms with Gasteiger partial charge in [-0.05, 0) is 18.8 Å². The van der Waals surface area contributed by atoms with E-state index in [1.807, 2.05) is 6.42 Å². The molecule has 0 aromatic heterocycles. The molecule has 0 bridgehead atoms. The van der Waals surface area contributed by atoms with Crippen LogP contribution < -0.4 is 5.73 Å². The fourth-order valence-corrected chi connectivity index (χ4v) is 1.87. The summed E-state index contributed by atoms with van der Waals surface area (Å²) in [6.07, 6.45) is 9.81. The summed E-state index contributed by atoms with van der Waals surface area (Å²) in [7, 11) is 0. The summed E-state index contributed by atoms with van der Waals surface area (Å²) in [5.41, 5.74) is 8.41. The molecule has 2 heteroatoms. The van der Waals surface area contributed by atoms with Crippen LogP contribution in [0.4, 0.5) is 0 Å². The zero-order chi connectivity index (χ0) is 8.81. The molecular formula is C10H16NO. The molecule has 1 fully saturated rings. The number of hydrogen-bond acceptors (Lipinski definition) is 1. The molecule has 1 aliphatic carbocycles. The third kappa shape index (κ3) is 3.74. The first kappa shape index (κ1) is 9.56. The van der Waals surface area contributed by atoms with Crippen LogP contribution in [0.3, 0.4) is 0 Å². The first-order chi connectivity index (χ1) is 5.79. The molecule has 67 valence electrons. The fraction of sp³-hybridized carbons (Fsp3) is 0.800. The van der Waals surface area contributed by atoms with E-state index in [2.05, 4.69) is 0 Å². The molecule has 0 aromatic carbocycles. The quantitative estimate of drug-likeness (QED) is 0.630. The van der Waals surface area contributed by atoms with Gasteiger partial charge in [0.25, 0.3) is 5.91 Å². The second-order valence-electron chi connectivity index (χ2n) is 3.63. The van der Waals surface area contributed by atoms with Gasteiger partial charge in [0.15, 0.2) is 0 Å². The number of nitrogens with zero attached hydrogens (tertiary/aromatic N) is 1.